The number of pyridine rings is 1. The Morgan fingerprint density at radius 1 is 0.909 bits per heavy atom. The summed E-state index contributed by atoms with van der Waals surface area (Å²) >= 11 is 0. The van der Waals surface area contributed by atoms with E-state index in [-0.39, 0.29) is 5.97 Å². The summed E-state index contributed by atoms with van der Waals surface area (Å²) in [6, 6.07) is 18.8. The summed E-state index contributed by atoms with van der Waals surface area (Å²) in [6.07, 6.45) is 1.81. The predicted octanol–water partition coefficient (Wildman–Crippen LogP) is 3.72. The van der Waals surface area contributed by atoms with Crippen molar-refractivity contribution in [2.24, 2.45) is 0 Å². The third-order valence-corrected chi connectivity index (χ3v) is 3.02. The van der Waals surface area contributed by atoms with Crippen LogP contribution in [0.1, 0.15) is 10.4 Å². The molecular weight excluding hydrogens is 278 g/mol. The van der Waals surface area contributed by atoms with E-state index in [4.69, 9.17) is 4.74 Å². The first-order chi connectivity index (χ1) is 10.7. The van der Waals surface area contributed by atoms with Crippen LogP contribution in [-0.2, 0) is 4.74 Å². The maximum Gasteiger partial charge on any atom is 0.337 e. The summed E-state index contributed by atoms with van der Waals surface area (Å²) in [4.78, 5) is 15.1. The Labute approximate surface area is 129 Å². The minimum Gasteiger partial charge on any atom is -0.497 e. The Hall–Kier alpha value is -2.88. The standard InChI is InChI=1S/C9H7N.C9H10O3/c1-2-6-9-8(4-1)5-3-7-10-9;1-11-8-5-3-7(4-6-8)9(10)12-2/h1-7H;3-6H,1-2H3. The molecule has 0 spiro atoms. The summed E-state index contributed by atoms with van der Waals surface area (Å²) in [6.45, 7) is 0. The van der Waals surface area contributed by atoms with Crippen molar-refractivity contribution in [3.05, 3.63) is 72.4 Å². The van der Waals surface area contributed by atoms with Crippen LogP contribution in [-0.4, -0.2) is 25.2 Å². The van der Waals surface area contributed by atoms with Gasteiger partial charge in [0.05, 0.1) is 25.3 Å². The fraction of sp³-hybridized carbons (Fsp3) is 0.111. The van der Waals surface area contributed by atoms with E-state index in [0.717, 1.165) is 11.3 Å². The molecule has 3 aromatic rings. The predicted molar refractivity (Wildman–Crippen MR) is 86.1 cm³/mol. The van der Waals surface area contributed by atoms with Gasteiger partial charge in [0.2, 0.25) is 0 Å². The second-order valence-electron chi connectivity index (χ2n) is 4.42. The molecule has 0 unspecified atom stereocenters. The van der Waals surface area contributed by atoms with Gasteiger partial charge in [0.1, 0.15) is 5.75 Å². The van der Waals surface area contributed by atoms with Crippen LogP contribution >= 0.6 is 0 Å². The molecule has 0 saturated carbocycles. The molecule has 3 rings (SSSR count). The largest absolute Gasteiger partial charge is 0.497 e. The molecule has 2 aromatic carbocycles. The minimum absolute atomic E-state index is 0.336. The van der Waals surface area contributed by atoms with Crippen LogP contribution in [0.5, 0.6) is 5.75 Å². The molecule has 0 aliphatic carbocycles. The number of ether oxygens (including phenoxy) is 2. The van der Waals surface area contributed by atoms with Crippen molar-refractivity contribution in [2.75, 3.05) is 14.2 Å². The highest BCUT2D eigenvalue weighted by molar-refractivity contribution is 5.89. The normalized spacial score (nSPS) is 9.55. The SMILES string of the molecule is COC(=O)c1ccc(OC)cc1.c1ccc2ncccc2c1. The molecule has 4 nitrogen and oxygen atoms in total. The Kier molecular flexibility index (Phi) is 5.49. The quantitative estimate of drug-likeness (QED) is 0.676. The monoisotopic (exact) mass is 295 g/mol. The highest BCUT2D eigenvalue weighted by atomic mass is 16.5. The van der Waals surface area contributed by atoms with Crippen LogP contribution in [0.25, 0.3) is 10.9 Å². The van der Waals surface area contributed by atoms with Gasteiger partial charge in [0, 0.05) is 11.6 Å². The number of methoxy groups -OCH3 is 2. The number of benzene rings is 2. The smallest absolute Gasteiger partial charge is 0.337 e. The first kappa shape index (κ1) is 15.5. The van der Waals surface area contributed by atoms with Crippen LogP contribution < -0.4 is 4.74 Å². The summed E-state index contributed by atoms with van der Waals surface area (Å²) < 4.78 is 9.46. The Morgan fingerprint density at radius 3 is 2.23 bits per heavy atom. The molecule has 0 radical (unpaired) electrons. The van der Waals surface area contributed by atoms with E-state index in [1.165, 1.54) is 12.5 Å². The average molecular weight is 295 g/mol. The van der Waals surface area contributed by atoms with Gasteiger partial charge in [-0.3, -0.25) is 4.98 Å². The van der Waals surface area contributed by atoms with Crippen molar-refractivity contribution in [1.82, 2.24) is 4.98 Å². The topological polar surface area (TPSA) is 48.4 Å². The number of esters is 1. The van der Waals surface area contributed by atoms with Gasteiger partial charge in [-0.15, -0.1) is 0 Å². The Balaban J connectivity index is 0.000000162. The number of para-hydroxylation sites is 1. The average Bonchev–Trinajstić information content (AvgIpc) is 2.62. The molecule has 0 aliphatic heterocycles. The van der Waals surface area contributed by atoms with Crippen molar-refractivity contribution in [1.29, 1.82) is 0 Å². The van der Waals surface area contributed by atoms with Crippen LogP contribution in [0.4, 0.5) is 0 Å². The van der Waals surface area contributed by atoms with Gasteiger partial charge < -0.3 is 9.47 Å². The fourth-order valence-corrected chi connectivity index (χ4v) is 1.86. The van der Waals surface area contributed by atoms with E-state index in [1.54, 1.807) is 31.4 Å². The zero-order valence-electron chi connectivity index (χ0n) is 12.5. The van der Waals surface area contributed by atoms with E-state index in [9.17, 15) is 4.79 Å². The van der Waals surface area contributed by atoms with Crippen LogP contribution in [0.15, 0.2) is 66.9 Å². The summed E-state index contributed by atoms with van der Waals surface area (Å²) in [7, 11) is 2.93. The lowest BCUT2D eigenvalue weighted by Gasteiger charge is -2.00. The number of hydrogen-bond acceptors (Lipinski definition) is 4. The fourth-order valence-electron chi connectivity index (χ4n) is 1.86. The lowest BCUT2D eigenvalue weighted by atomic mass is 10.2. The number of aromatic nitrogens is 1. The number of carbonyl (C=O) groups excluding carboxylic acids is 1. The van der Waals surface area contributed by atoms with Gasteiger partial charge in [0.25, 0.3) is 0 Å². The van der Waals surface area contributed by atoms with Crippen LogP contribution in [0.3, 0.4) is 0 Å². The molecule has 0 fully saturated rings. The molecule has 22 heavy (non-hydrogen) atoms. The Morgan fingerprint density at radius 2 is 1.59 bits per heavy atom. The zero-order valence-corrected chi connectivity index (χ0v) is 12.5. The first-order valence-corrected chi connectivity index (χ1v) is 6.76. The van der Waals surface area contributed by atoms with Crippen molar-refractivity contribution in [2.45, 2.75) is 0 Å². The van der Waals surface area contributed by atoms with Gasteiger partial charge in [0.15, 0.2) is 0 Å². The number of fused-ring (bicyclic) bond motifs is 1. The Bertz CT molecular complexity index is 673. The number of nitrogens with zero attached hydrogens (tertiary/aromatic N) is 1. The van der Waals surface area contributed by atoms with Crippen LogP contribution in [0.2, 0.25) is 0 Å². The molecule has 0 aliphatic rings. The second-order valence-corrected chi connectivity index (χ2v) is 4.42. The molecule has 4 heteroatoms. The molecule has 1 aromatic heterocycles. The lowest BCUT2D eigenvalue weighted by Crippen LogP contribution is -2.00. The molecule has 112 valence electrons. The van der Waals surface area contributed by atoms with Gasteiger partial charge in [-0.2, -0.15) is 0 Å². The number of hydrogen-bond donors (Lipinski definition) is 0. The molecule has 0 bridgehead atoms. The maximum absolute atomic E-state index is 11.0. The molecule has 0 N–H and O–H groups in total. The van der Waals surface area contributed by atoms with Crippen molar-refractivity contribution in [3.8, 4) is 5.75 Å². The van der Waals surface area contributed by atoms with Crippen molar-refractivity contribution in [3.63, 3.8) is 0 Å². The third-order valence-electron chi connectivity index (χ3n) is 3.02. The van der Waals surface area contributed by atoms with E-state index < -0.39 is 0 Å². The number of rotatable bonds is 2. The highest BCUT2D eigenvalue weighted by Crippen LogP contribution is 2.11. The molecule has 1 heterocycles. The second kappa shape index (κ2) is 7.78. The lowest BCUT2D eigenvalue weighted by molar-refractivity contribution is 0.0600. The van der Waals surface area contributed by atoms with E-state index in [0.29, 0.717) is 5.56 Å². The third kappa shape index (κ3) is 4.06. The first-order valence-electron chi connectivity index (χ1n) is 6.76. The molecule has 0 atom stereocenters. The summed E-state index contributed by atoms with van der Waals surface area (Å²) in [5.74, 6) is 0.389. The van der Waals surface area contributed by atoms with Gasteiger partial charge in [-0.25, -0.2) is 4.79 Å². The van der Waals surface area contributed by atoms with Crippen LogP contribution in [0, 0.1) is 0 Å². The van der Waals surface area contributed by atoms with Crippen molar-refractivity contribution < 1.29 is 14.3 Å². The molecular formula is C18H17NO3. The zero-order chi connectivity index (χ0) is 15.8. The van der Waals surface area contributed by atoms with Crippen molar-refractivity contribution >= 4 is 16.9 Å². The van der Waals surface area contributed by atoms with Gasteiger partial charge in [-0.1, -0.05) is 24.3 Å². The number of carbonyl (C=O) groups is 1. The van der Waals surface area contributed by atoms with Gasteiger partial charge >= 0.3 is 5.97 Å². The summed E-state index contributed by atoms with van der Waals surface area (Å²) in [5, 5.41) is 1.20. The maximum atomic E-state index is 11.0. The van der Waals surface area contributed by atoms with Gasteiger partial charge in [-0.05, 0) is 36.4 Å². The molecule has 0 saturated heterocycles. The van der Waals surface area contributed by atoms with E-state index in [1.807, 2.05) is 30.5 Å². The van der Waals surface area contributed by atoms with E-state index >= 15 is 0 Å². The minimum atomic E-state index is -0.336. The highest BCUT2D eigenvalue weighted by Gasteiger charge is 2.03. The van der Waals surface area contributed by atoms with E-state index in [2.05, 4.69) is 21.9 Å². The summed E-state index contributed by atoms with van der Waals surface area (Å²) in [5.41, 5.74) is 1.59. The molecule has 0 amide bonds.